The fourth-order valence-electron chi connectivity index (χ4n) is 5.35. The average molecular weight is 616 g/mol. The van der Waals surface area contributed by atoms with Crippen LogP contribution in [0.4, 0.5) is 17.1 Å². The van der Waals surface area contributed by atoms with Crippen LogP contribution in [0.25, 0.3) is 0 Å². The van der Waals surface area contributed by atoms with Crippen molar-refractivity contribution < 1.29 is 19.7 Å². The Hall–Kier alpha value is -4.58. The Morgan fingerprint density at radius 1 is 0.457 bits per heavy atom. The van der Waals surface area contributed by atoms with Crippen molar-refractivity contribution >= 4 is 17.1 Å². The summed E-state index contributed by atoms with van der Waals surface area (Å²) in [4.78, 5) is 2.31. The average Bonchev–Trinajstić information content (AvgIpc) is 3.09. The SMILES string of the molecule is Cc1ccc(N(c2ccc(CCc3ccc(OC(C)CO)cc3)cc2)c2ccc(CCc3ccc(OC(C)CO)cc3)cc2)cc1. The van der Waals surface area contributed by atoms with Crippen LogP contribution in [0.15, 0.2) is 121 Å². The quantitative estimate of drug-likeness (QED) is 0.124. The van der Waals surface area contributed by atoms with Crippen molar-refractivity contribution in [2.24, 2.45) is 0 Å². The van der Waals surface area contributed by atoms with E-state index in [9.17, 15) is 10.2 Å². The van der Waals surface area contributed by atoms with Gasteiger partial charge in [-0.3, -0.25) is 0 Å². The number of aryl methyl sites for hydroxylation is 5. The number of benzene rings is 5. The molecule has 5 heteroatoms. The van der Waals surface area contributed by atoms with Crippen LogP contribution in [0.5, 0.6) is 11.5 Å². The van der Waals surface area contributed by atoms with Gasteiger partial charge in [-0.15, -0.1) is 0 Å². The molecule has 5 nitrogen and oxygen atoms in total. The molecule has 0 amide bonds. The molecule has 0 radical (unpaired) electrons. The topological polar surface area (TPSA) is 62.2 Å². The van der Waals surface area contributed by atoms with Gasteiger partial charge >= 0.3 is 0 Å². The molecule has 46 heavy (non-hydrogen) atoms. The molecule has 0 heterocycles. The first-order valence-corrected chi connectivity index (χ1v) is 16.2. The fourth-order valence-corrected chi connectivity index (χ4v) is 5.35. The van der Waals surface area contributed by atoms with E-state index >= 15 is 0 Å². The van der Waals surface area contributed by atoms with Crippen molar-refractivity contribution in [1.82, 2.24) is 0 Å². The third-order valence-corrected chi connectivity index (χ3v) is 8.12. The van der Waals surface area contributed by atoms with Gasteiger partial charge in [0.05, 0.1) is 13.2 Å². The normalized spacial score (nSPS) is 12.4. The number of anilines is 3. The summed E-state index contributed by atoms with van der Waals surface area (Å²) in [6.45, 7) is 5.83. The van der Waals surface area contributed by atoms with Crippen LogP contribution >= 0.6 is 0 Å². The van der Waals surface area contributed by atoms with Crippen LogP contribution < -0.4 is 14.4 Å². The van der Waals surface area contributed by atoms with Gasteiger partial charge in [0.15, 0.2) is 0 Å². The zero-order valence-electron chi connectivity index (χ0n) is 27.1. The van der Waals surface area contributed by atoms with Crippen molar-refractivity contribution in [3.63, 3.8) is 0 Å². The van der Waals surface area contributed by atoms with E-state index in [2.05, 4.69) is 109 Å². The van der Waals surface area contributed by atoms with Crippen molar-refractivity contribution in [3.05, 3.63) is 149 Å². The van der Waals surface area contributed by atoms with E-state index in [1.807, 2.05) is 38.1 Å². The maximum Gasteiger partial charge on any atom is 0.119 e. The fraction of sp³-hybridized carbons (Fsp3) is 0.268. The second-order valence-corrected chi connectivity index (χ2v) is 12.0. The molecule has 0 aliphatic carbocycles. The third-order valence-electron chi connectivity index (χ3n) is 8.12. The smallest absolute Gasteiger partial charge is 0.119 e. The Morgan fingerprint density at radius 3 is 1.04 bits per heavy atom. The van der Waals surface area contributed by atoms with Crippen molar-refractivity contribution in [1.29, 1.82) is 0 Å². The number of hydrogen-bond donors (Lipinski definition) is 2. The van der Waals surface area contributed by atoms with Crippen LogP contribution in [0.2, 0.25) is 0 Å². The van der Waals surface area contributed by atoms with E-state index < -0.39 is 0 Å². The van der Waals surface area contributed by atoms with Crippen LogP contribution in [-0.4, -0.2) is 35.6 Å². The van der Waals surface area contributed by atoms with Gasteiger partial charge in [-0.05, 0) is 129 Å². The summed E-state index contributed by atoms with van der Waals surface area (Å²) in [5.74, 6) is 1.56. The summed E-state index contributed by atoms with van der Waals surface area (Å²) in [5.41, 5.74) is 9.71. The van der Waals surface area contributed by atoms with Crippen LogP contribution in [0.1, 0.15) is 41.7 Å². The summed E-state index contributed by atoms with van der Waals surface area (Å²) in [6.07, 6.45) is 3.37. The lowest BCUT2D eigenvalue weighted by Gasteiger charge is -2.26. The zero-order valence-corrected chi connectivity index (χ0v) is 27.1. The maximum absolute atomic E-state index is 9.22. The molecule has 2 atom stereocenters. The Balaban J connectivity index is 1.24. The summed E-state index contributed by atoms with van der Waals surface area (Å²) in [6, 6.07) is 42.7. The second kappa shape index (κ2) is 16.1. The molecule has 0 aliphatic rings. The molecular formula is C41H45NO4. The first kappa shape index (κ1) is 32.8. The highest BCUT2D eigenvalue weighted by molar-refractivity contribution is 5.76. The Labute approximate surface area is 273 Å². The Kier molecular flexibility index (Phi) is 11.5. The first-order valence-electron chi connectivity index (χ1n) is 16.2. The van der Waals surface area contributed by atoms with Gasteiger partial charge in [0.2, 0.25) is 0 Å². The lowest BCUT2D eigenvalue weighted by atomic mass is 10.0. The molecule has 0 aliphatic heterocycles. The van der Waals surface area contributed by atoms with Crippen LogP contribution in [0, 0.1) is 6.92 Å². The van der Waals surface area contributed by atoms with E-state index in [-0.39, 0.29) is 25.4 Å². The lowest BCUT2D eigenvalue weighted by molar-refractivity contribution is 0.129. The van der Waals surface area contributed by atoms with E-state index in [1.54, 1.807) is 0 Å². The molecule has 0 fully saturated rings. The van der Waals surface area contributed by atoms with Crippen molar-refractivity contribution in [2.45, 2.75) is 58.7 Å². The number of nitrogens with zero attached hydrogens (tertiary/aromatic N) is 1. The minimum atomic E-state index is -0.209. The standard InChI is InChI=1S/C41H45NO4/c1-30-4-18-37(19-5-30)42(38-20-10-33(11-21-38)6-8-35-14-24-40(25-15-35)45-31(2)28-43)39-22-12-34(13-23-39)7-9-36-16-26-41(27-17-36)46-32(3)29-44/h4-5,10-27,31-32,43-44H,6-9,28-29H2,1-3H3. The van der Waals surface area contributed by atoms with Crippen molar-refractivity contribution in [2.75, 3.05) is 18.1 Å². The molecule has 2 unspecified atom stereocenters. The van der Waals surface area contributed by atoms with Gasteiger partial charge in [-0.25, -0.2) is 0 Å². The lowest BCUT2D eigenvalue weighted by Crippen LogP contribution is -2.16. The molecular weight excluding hydrogens is 570 g/mol. The summed E-state index contributed by atoms with van der Waals surface area (Å²) in [7, 11) is 0. The molecule has 2 N–H and O–H groups in total. The van der Waals surface area contributed by atoms with Gasteiger partial charge in [0, 0.05) is 17.1 Å². The second-order valence-electron chi connectivity index (χ2n) is 12.0. The molecule has 238 valence electrons. The molecule has 0 aromatic heterocycles. The predicted octanol–water partition coefficient (Wildman–Crippen LogP) is 8.55. The van der Waals surface area contributed by atoms with Crippen LogP contribution in [0.3, 0.4) is 0 Å². The molecule has 0 bridgehead atoms. The monoisotopic (exact) mass is 615 g/mol. The minimum absolute atomic E-state index is 0.00425. The number of aliphatic hydroxyl groups is 2. The highest BCUT2D eigenvalue weighted by Gasteiger charge is 2.13. The zero-order chi connectivity index (χ0) is 32.3. The third kappa shape index (κ3) is 9.23. The molecule has 0 spiro atoms. The molecule has 0 saturated heterocycles. The number of rotatable bonds is 15. The van der Waals surface area contributed by atoms with Crippen LogP contribution in [-0.2, 0) is 25.7 Å². The largest absolute Gasteiger partial charge is 0.488 e. The number of ether oxygens (including phenoxy) is 2. The van der Waals surface area contributed by atoms with Gasteiger partial charge in [-0.2, -0.15) is 0 Å². The van der Waals surface area contributed by atoms with Gasteiger partial charge in [0.1, 0.15) is 23.7 Å². The van der Waals surface area contributed by atoms with Gasteiger partial charge in [-0.1, -0.05) is 66.2 Å². The highest BCUT2D eigenvalue weighted by Crippen LogP contribution is 2.35. The van der Waals surface area contributed by atoms with Gasteiger partial charge < -0.3 is 24.6 Å². The molecule has 5 aromatic carbocycles. The number of hydrogen-bond acceptors (Lipinski definition) is 5. The Morgan fingerprint density at radius 2 is 0.739 bits per heavy atom. The van der Waals surface area contributed by atoms with E-state index in [1.165, 1.54) is 27.8 Å². The van der Waals surface area contributed by atoms with Gasteiger partial charge in [0.25, 0.3) is 0 Å². The summed E-state index contributed by atoms with van der Waals surface area (Å²) in [5, 5.41) is 18.4. The molecule has 5 rings (SSSR count). The maximum atomic E-state index is 9.22. The molecule has 0 saturated carbocycles. The van der Waals surface area contributed by atoms with E-state index in [0.29, 0.717) is 0 Å². The summed E-state index contributed by atoms with van der Waals surface area (Å²) >= 11 is 0. The first-order chi connectivity index (χ1) is 22.4. The Bertz CT molecular complexity index is 1510. The summed E-state index contributed by atoms with van der Waals surface area (Å²) < 4.78 is 11.4. The minimum Gasteiger partial charge on any atom is -0.488 e. The van der Waals surface area contributed by atoms with E-state index in [0.717, 1.165) is 54.2 Å². The van der Waals surface area contributed by atoms with Crippen molar-refractivity contribution in [3.8, 4) is 11.5 Å². The molecule has 5 aromatic rings. The predicted molar refractivity (Wildman–Crippen MR) is 188 cm³/mol. The highest BCUT2D eigenvalue weighted by atomic mass is 16.5. The van der Waals surface area contributed by atoms with E-state index in [4.69, 9.17) is 9.47 Å². The number of aliphatic hydroxyl groups excluding tert-OH is 2.